The molecule has 0 fully saturated rings. The van der Waals surface area contributed by atoms with Crippen LogP contribution in [-0.4, -0.2) is 15.3 Å². The van der Waals surface area contributed by atoms with Crippen molar-refractivity contribution < 1.29 is 20.1 Å². The predicted octanol–water partition coefficient (Wildman–Crippen LogP) is 23.8. The molecule has 0 saturated carbocycles. The minimum absolute atomic E-state index is 0.0494. The van der Waals surface area contributed by atoms with Gasteiger partial charge in [-0.05, 0) is 206 Å². The molecule has 2 atom stereocenters. The highest BCUT2D eigenvalue weighted by molar-refractivity contribution is 5.89. The van der Waals surface area contributed by atoms with Crippen LogP contribution in [0.25, 0.3) is 27.8 Å². The fraction of sp³-hybridized carbons (Fsp3) is 0.410. The molecule has 2 aliphatic carbocycles. The maximum absolute atomic E-state index is 11.4. The third-order valence-corrected chi connectivity index (χ3v) is 14.4. The van der Waals surface area contributed by atoms with Gasteiger partial charge in [0.2, 0.25) is 0 Å². The largest absolute Gasteiger partial charge is 0.507 e. The standard InChI is InChI=1S/C28H32O2.C26H28O2.C17H32.C3H6.C2H6.C2H2/c1-20-18-25(28(30)26(19-20)24-16-10-11-17-27(24)29)23-15-8-4-2-3-6-12-21-13-7-5-9-14-22(21)23;1-4-5-7-15-24(21-12-8-6-9-13-21)28-25-16-11-10-14-22(25)23-18-19(2)17-20(3)26(23)27;1-5-8-9-10-11-14-16(4)15-17(12-6-2)13-7-3;1-3-2;2*1-2/h6,10-12,15-19,29-30H,2-5,7-9,13-14H2,1H3;4-6,8-14,16-18,24,27H,7,15H2,1-3H3;5,15-16H,1,6-14H2,2-4H3;3H,1H2,2H3;1-2H3;1-2H/b12-6+,23-15-;5-4-;;;;/t;24-;;;;/m.1..../s1. The van der Waals surface area contributed by atoms with Gasteiger partial charge in [-0.25, -0.2) is 0 Å². The molecule has 0 amide bonds. The average Bonchev–Trinajstić information content (AvgIpc) is 3.91. The summed E-state index contributed by atoms with van der Waals surface area (Å²) in [6, 6.07) is 33.6. The number of phenolic OH excluding ortho intramolecular Hbond substituents is 3. The van der Waals surface area contributed by atoms with E-state index in [9.17, 15) is 15.3 Å². The van der Waals surface area contributed by atoms with E-state index in [0.29, 0.717) is 16.9 Å². The molecule has 0 saturated heterocycles. The summed E-state index contributed by atoms with van der Waals surface area (Å²) in [4.78, 5) is 0. The number of hydrogen-bond donors (Lipinski definition) is 3. The fourth-order valence-electron chi connectivity index (χ4n) is 10.6. The van der Waals surface area contributed by atoms with Crippen molar-refractivity contribution in [1.82, 2.24) is 0 Å². The molecule has 7 rings (SSSR count). The number of aromatic hydroxyl groups is 3. The number of rotatable bonds is 20. The van der Waals surface area contributed by atoms with Crippen molar-refractivity contribution in [2.45, 2.75) is 204 Å². The number of unbranched alkanes of at least 4 members (excludes halogenated alkanes) is 3. The summed E-state index contributed by atoms with van der Waals surface area (Å²) in [5.74, 6) is 2.34. The van der Waals surface area contributed by atoms with E-state index >= 15 is 0 Å². The molecule has 0 aromatic heterocycles. The van der Waals surface area contributed by atoms with Gasteiger partial charge < -0.3 is 20.1 Å². The van der Waals surface area contributed by atoms with Crippen molar-refractivity contribution in [3.8, 4) is 58.1 Å². The number of aryl methyl sites for hydroxylation is 3. The summed E-state index contributed by atoms with van der Waals surface area (Å²) >= 11 is 0. The predicted molar refractivity (Wildman–Crippen MR) is 360 cm³/mol. The van der Waals surface area contributed by atoms with Gasteiger partial charge in [0.15, 0.2) is 0 Å². The molecule has 4 heteroatoms. The van der Waals surface area contributed by atoms with Gasteiger partial charge in [0.25, 0.3) is 0 Å². The summed E-state index contributed by atoms with van der Waals surface area (Å²) in [7, 11) is 0. The maximum atomic E-state index is 11.4. The monoisotopic (exact) mass is 1110 g/mol. The number of phenols is 3. The molecule has 0 aliphatic heterocycles. The summed E-state index contributed by atoms with van der Waals surface area (Å²) in [5.41, 5.74) is 14.0. The van der Waals surface area contributed by atoms with Gasteiger partial charge in [0.05, 0.1) is 0 Å². The van der Waals surface area contributed by atoms with Gasteiger partial charge in [-0.2, -0.15) is 0 Å². The van der Waals surface area contributed by atoms with Gasteiger partial charge >= 0.3 is 0 Å². The third kappa shape index (κ3) is 25.0. The van der Waals surface area contributed by atoms with Crippen molar-refractivity contribution in [2.75, 3.05) is 0 Å². The lowest BCUT2D eigenvalue weighted by Crippen LogP contribution is -2.08. The lowest BCUT2D eigenvalue weighted by atomic mass is 9.86. The van der Waals surface area contributed by atoms with Crippen LogP contribution in [0.1, 0.15) is 211 Å². The third-order valence-electron chi connectivity index (χ3n) is 14.4. The molecule has 0 bridgehead atoms. The van der Waals surface area contributed by atoms with Crippen molar-refractivity contribution in [2.24, 2.45) is 5.92 Å². The van der Waals surface area contributed by atoms with Crippen molar-refractivity contribution >= 4 is 5.57 Å². The Bertz CT molecular complexity index is 2770. The van der Waals surface area contributed by atoms with E-state index in [1.165, 1.54) is 100 Å². The Morgan fingerprint density at radius 3 is 1.90 bits per heavy atom. The fourth-order valence-corrected chi connectivity index (χ4v) is 10.6. The Balaban J connectivity index is 0.000000411. The average molecular weight is 1110 g/mol. The first kappa shape index (κ1) is 71.1. The van der Waals surface area contributed by atoms with Crippen LogP contribution < -0.4 is 4.74 Å². The second-order valence-electron chi connectivity index (χ2n) is 21.4. The maximum Gasteiger partial charge on any atom is 0.131 e. The number of para-hydroxylation sites is 2. The van der Waals surface area contributed by atoms with E-state index in [1.807, 2.05) is 126 Å². The van der Waals surface area contributed by atoms with Crippen LogP contribution in [0, 0.1) is 39.5 Å². The van der Waals surface area contributed by atoms with E-state index in [1.54, 1.807) is 17.7 Å². The molecular formula is C78H106O4. The minimum atomic E-state index is -0.0494. The molecule has 4 nitrogen and oxygen atoms in total. The van der Waals surface area contributed by atoms with Gasteiger partial charge in [-0.1, -0.05) is 194 Å². The lowest BCUT2D eigenvalue weighted by molar-refractivity contribution is 0.197. The molecule has 0 radical (unpaired) electrons. The van der Waals surface area contributed by atoms with Gasteiger partial charge in [0, 0.05) is 27.8 Å². The van der Waals surface area contributed by atoms with Crippen molar-refractivity contribution in [3.05, 3.63) is 209 Å². The number of terminal acetylenes is 1. The smallest absolute Gasteiger partial charge is 0.131 e. The van der Waals surface area contributed by atoms with Gasteiger partial charge in [-0.15, -0.1) is 26.0 Å². The SMILES string of the molecule is C#C.C/C=C\CC[C@@H](Oc1ccccc1-c1cc(C)cc(C)c1O)c1ccccc1.C=CC.C=CCCCCCC(C)C=C(CCC)CCC.CC.Cc1cc(/C2=C\CCCC/C=C/C3=C2CCCCC3)c(O)c(-c2ccccc2O)c1. The van der Waals surface area contributed by atoms with Gasteiger partial charge in [0.1, 0.15) is 29.1 Å². The molecule has 442 valence electrons. The number of hydrogen-bond acceptors (Lipinski definition) is 4. The zero-order valence-electron chi connectivity index (χ0n) is 52.5. The van der Waals surface area contributed by atoms with Crippen LogP contribution >= 0.6 is 0 Å². The number of allylic oxidation sites excluding steroid dienone is 12. The van der Waals surface area contributed by atoms with Crippen LogP contribution in [0.3, 0.4) is 0 Å². The Kier molecular flexibility index (Phi) is 37.2. The molecular weight excluding hydrogens is 1000 g/mol. The molecule has 5 aromatic rings. The quantitative estimate of drug-likeness (QED) is 0.0413. The Hall–Kier alpha value is -6.96. The summed E-state index contributed by atoms with van der Waals surface area (Å²) in [5, 5.41) is 32.5. The van der Waals surface area contributed by atoms with E-state index in [-0.39, 0.29) is 17.6 Å². The highest BCUT2D eigenvalue weighted by Gasteiger charge is 2.22. The zero-order valence-corrected chi connectivity index (χ0v) is 52.5. The summed E-state index contributed by atoms with van der Waals surface area (Å²) in [6.45, 7) is 28.0. The summed E-state index contributed by atoms with van der Waals surface area (Å²) < 4.78 is 6.52. The van der Waals surface area contributed by atoms with Crippen LogP contribution in [0.15, 0.2) is 182 Å². The Morgan fingerprint density at radius 1 is 0.646 bits per heavy atom. The molecule has 5 aromatic carbocycles. The van der Waals surface area contributed by atoms with E-state index in [4.69, 9.17) is 4.74 Å². The van der Waals surface area contributed by atoms with Crippen LogP contribution in [0.5, 0.6) is 23.0 Å². The highest BCUT2D eigenvalue weighted by atomic mass is 16.5. The Labute approximate surface area is 500 Å². The van der Waals surface area contributed by atoms with E-state index in [2.05, 4.69) is 108 Å². The van der Waals surface area contributed by atoms with Crippen molar-refractivity contribution in [1.29, 1.82) is 0 Å². The van der Waals surface area contributed by atoms with Crippen molar-refractivity contribution in [3.63, 3.8) is 0 Å². The topological polar surface area (TPSA) is 69.9 Å². The normalized spacial score (nSPS) is 14.5. The minimum Gasteiger partial charge on any atom is -0.507 e. The lowest BCUT2D eigenvalue weighted by Gasteiger charge is -2.22. The van der Waals surface area contributed by atoms with Crippen LogP contribution in [0.4, 0.5) is 0 Å². The summed E-state index contributed by atoms with van der Waals surface area (Å²) in [6.07, 6.45) is 49.6. The zero-order chi connectivity index (χ0) is 60.5. The molecule has 82 heavy (non-hydrogen) atoms. The highest BCUT2D eigenvalue weighted by Crippen LogP contribution is 2.45. The first-order valence-electron chi connectivity index (χ1n) is 31.0. The second-order valence-corrected chi connectivity index (χ2v) is 21.4. The van der Waals surface area contributed by atoms with Crippen LogP contribution in [0.2, 0.25) is 0 Å². The second kappa shape index (κ2) is 42.8. The number of ether oxygens (including phenoxy) is 1. The van der Waals surface area contributed by atoms with E-state index < -0.39 is 0 Å². The first-order chi connectivity index (χ1) is 39.9. The molecule has 0 heterocycles. The molecule has 3 N–H and O–H groups in total. The molecule has 1 unspecified atom stereocenters. The van der Waals surface area contributed by atoms with Crippen LogP contribution in [-0.2, 0) is 0 Å². The Morgan fingerprint density at radius 2 is 1.24 bits per heavy atom. The number of benzene rings is 5. The van der Waals surface area contributed by atoms with Gasteiger partial charge in [-0.3, -0.25) is 0 Å². The van der Waals surface area contributed by atoms with E-state index in [0.717, 1.165) is 95.6 Å². The molecule has 0 spiro atoms. The molecule has 2 aliphatic rings. The first-order valence-corrected chi connectivity index (χ1v) is 31.0.